The molecule has 1 aromatic carbocycles. The van der Waals surface area contributed by atoms with E-state index in [1.54, 1.807) is 18.2 Å². The number of nitrogens with one attached hydrogen (secondary N) is 1. The Bertz CT molecular complexity index is 528. The van der Waals surface area contributed by atoms with Crippen LogP contribution in [-0.4, -0.2) is 4.98 Å². The van der Waals surface area contributed by atoms with Gasteiger partial charge in [0.25, 0.3) is 0 Å². The number of hydrogen-bond acceptors (Lipinski definition) is 4. The Morgan fingerprint density at radius 1 is 1.17 bits per heavy atom. The van der Waals surface area contributed by atoms with Gasteiger partial charge < -0.3 is 10.2 Å². The van der Waals surface area contributed by atoms with Gasteiger partial charge in [0, 0.05) is 18.2 Å². The summed E-state index contributed by atoms with van der Waals surface area (Å²) in [7, 11) is 0. The van der Waals surface area contributed by atoms with Crippen LogP contribution in [-0.2, 0) is 6.61 Å². The monoisotopic (exact) mass is 251 g/mol. The van der Waals surface area contributed by atoms with Gasteiger partial charge in [0.1, 0.15) is 29.8 Å². The molecule has 4 nitrogen and oxygen atoms in total. The molecule has 1 aromatic heterocycles. The van der Waals surface area contributed by atoms with Crippen LogP contribution in [0.3, 0.4) is 0 Å². The van der Waals surface area contributed by atoms with Crippen LogP contribution in [0.15, 0.2) is 36.4 Å². The number of aromatic nitrogens is 1. The van der Waals surface area contributed by atoms with E-state index in [2.05, 4.69) is 10.4 Å². The van der Waals surface area contributed by atoms with E-state index < -0.39 is 11.6 Å². The molecule has 0 aliphatic carbocycles. The van der Waals surface area contributed by atoms with Crippen molar-refractivity contribution in [3.05, 3.63) is 53.7 Å². The minimum absolute atomic E-state index is 0.0956. The summed E-state index contributed by atoms with van der Waals surface area (Å²) in [4.78, 5) is 4.10. The number of anilines is 1. The second-order valence-corrected chi connectivity index (χ2v) is 3.55. The van der Waals surface area contributed by atoms with Crippen LogP contribution in [0.2, 0.25) is 0 Å². The number of ether oxygens (including phenoxy) is 1. The van der Waals surface area contributed by atoms with Crippen molar-refractivity contribution < 1.29 is 13.5 Å². The fraction of sp³-hybridized carbons (Fsp3) is 0.0833. The number of hydrogen-bond donors (Lipinski definition) is 2. The lowest BCUT2D eigenvalue weighted by Gasteiger charge is -2.07. The van der Waals surface area contributed by atoms with Crippen LogP contribution in [0.5, 0.6) is 5.75 Å². The summed E-state index contributed by atoms with van der Waals surface area (Å²) < 4.78 is 31.1. The van der Waals surface area contributed by atoms with E-state index in [1.807, 2.05) is 0 Å². The molecule has 0 radical (unpaired) electrons. The number of nitrogens with zero attached hydrogens (tertiary/aromatic N) is 1. The molecule has 0 saturated carbocycles. The molecule has 0 saturated heterocycles. The quantitative estimate of drug-likeness (QED) is 0.646. The fourth-order valence-corrected chi connectivity index (χ4v) is 1.41. The number of rotatable bonds is 4. The first kappa shape index (κ1) is 12.3. The summed E-state index contributed by atoms with van der Waals surface area (Å²) in [5.74, 6) is 4.44. The first-order valence-corrected chi connectivity index (χ1v) is 5.19. The fourth-order valence-electron chi connectivity index (χ4n) is 1.41. The summed E-state index contributed by atoms with van der Waals surface area (Å²) in [6.07, 6.45) is 0. The molecule has 2 rings (SSSR count). The predicted molar refractivity (Wildman–Crippen MR) is 62.7 cm³/mol. The maximum Gasteiger partial charge on any atom is 0.140 e. The molecular formula is C12H11F2N3O. The van der Waals surface area contributed by atoms with E-state index in [1.165, 1.54) is 0 Å². The highest BCUT2D eigenvalue weighted by atomic mass is 19.1. The molecule has 0 atom stereocenters. The van der Waals surface area contributed by atoms with Crippen LogP contribution >= 0.6 is 0 Å². The third kappa shape index (κ3) is 3.14. The Balaban J connectivity index is 2.06. The molecule has 0 bridgehead atoms. The van der Waals surface area contributed by atoms with Gasteiger partial charge in [0.2, 0.25) is 0 Å². The number of nitrogens with two attached hydrogens (primary N) is 1. The first-order valence-electron chi connectivity index (χ1n) is 5.19. The number of hydrazine groups is 1. The highest BCUT2D eigenvalue weighted by Crippen LogP contribution is 2.16. The van der Waals surface area contributed by atoms with Gasteiger partial charge in [-0.2, -0.15) is 0 Å². The molecule has 0 unspecified atom stereocenters. The van der Waals surface area contributed by atoms with Crippen molar-refractivity contribution in [3.8, 4) is 5.75 Å². The van der Waals surface area contributed by atoms with Crippen molar-refractivity contribution in [2.24, 2.45) is 5.84 Å². The summed E-state index contributed by atoms with van der Waals surface area (Å²) >= 11 is 0. The molecular weight excluding hydrogens is 240 g/mol. The van der Waals surface area contributed by atoms with E-state index in [0.717, 1.165) is 18.2 Å². The summed E-state index contributed by atoms with van der Waals surface area (Å²) in [6.45, 7) is 0.0956. The standard InChI is InChI=1S/C12H11F2N3O/c13-8-4-9(14)6-11(5-8)18-7-10-2-1-3-12(16-10)17-15/h1-6H,7,15H2,(H,16,17). The molecule has 0 spiro atoms. The molecule has 0 amide bonds. The highest BCUT2D eigenvalue weighted by molar-refractivity contribution is 5.33. The molecule has 94 valence electrons. The largest absolute Gasteiger partial charge is 0.487 e. The maximum absolute atomic E-state index is 12.9. The van der Waals surface area contributed by atoms with Gasteiger partial charge in [-0.1, -0.05) is 6.07 Å². The van der Waals surface area contributed by atoms with E-state index in [9.17, 15) is 8.78 Å². The third-order valence-corrected chi connectivity index (χ3v) is 2.18. The number of halogens is 2. The van der Waals surface area contributed by atoms with E-state index in [0.29, 0.717) is 11.5 Å². The number of pyridine rings is 1. The number of benzene rings is 1. The van der Waals surface area contributed by atoms with Crippen LogP contribution in [0.25, 0.3) is 0 Å². The van der Waals surface area contributed by atoms with Crippen LogP contribution in [0, 0.1) is 11.6 Å². The van der Waals surface area contributed by atoms with Crippen LogP contribution < -0.4 is 16.0 Å². The maximum atomic E-state index is 12.9. The lowest BCUT2D eigenvalue weighted by atomic mass is 10.3. The van der Waals surface area contributed by atoms with Gasteiger partial charge >= 0.3 is 0 Å². The van der Waals surface area contributed by atoms with E-state index in [4.69, 9.17) is 10.6 Å². The smallest absolute Gasteiger partial charge is 0.140 e. The van der Waals surface area contributed by atoms with E-state index >= 15 is 0 Å². The van der Waals surface area contributed by atoms with Gasteiger partial charge in [-0.3, -0.25) is 0 Å². The van der Waals surface area contributed by atoms with E-state index in [-0.39, 0.29) is 12.4 Å². The molecule has 1 heterocycles. The second kappa shape index (κ2) is 5.42. The minimum atomic E-state index is -0.685. The van der Waals surface area contributed by atoms with Gasteiger partial charge in [-0.25, -0.2) is 19.6 Å². The van der Waals surface area contributed by atoms with Crippen molar-refractivity contribution in [2.75, 3.05) is 5.43 Å². The molecule has 0 fully saturated rings. The normalized spacial score (nSPS) is 10.2. The van der Waals surface area contributed by atoms with Crippen LogP contribution in [0.4, 0.5) is 14.6 Å². The Morgan fingerprint density at radius 3 is 2.56 bits per heavy atom. The van der Waals surface area contributed by atoms with Gasteiger partial charge in [-0.15, -0.1) is 0 Å². The zero-order chi connectivity index (χ0) is 13.0. The summed E-state index contributed by atoms with van der Waals surface area (Å²) in [5.41, 5.74) is 2.99. The van der Waals surface area contributed by atoms with Crippen LogP contribution in [0.1, 0.15) is 5.69 Å². The van der Waals surface area contributed by atoms with Gasteiger partial charge in [-0.05, 0) is 12.1 Å². The lowest BCUT2D eigenvalue weighted by Crippen LogP contribution is -2.09. The predicted octanol–water partition coefficient (Wildman–Crippen LogP) is 2.22. The second-order valence-electron chi connectivity index (χ2n) is 3.55. The average Bonchev–Trinajstić information content (AvgIpc) is 2.35. The van der Waals surface area contributed by atoms with Crippen molar-refractivity contribution in [1.82, 2.24) is 4.98 Å². The molecule has 6 heteroatoms. The SMILES string of the molecule is NNc1cccc(COc2cc(F)cc(F)c2)n1. The lowest BCUT2D eigenvalue weighted by molar-refractivity contribution is 0.298. The minimum Gasteiger partial charge on any atom is -0.487 e. The first-order chi connectivity index (χ1) is 8.67. The van der Waals surface area contributed by atoms with Gasteiger partial charge in [0.15, 0.2) is 0 Å². The molecule has 0 aliphatic heterocycles. The molecule has 18 heavy (non-hydrogen) atoms. The Hall–Kier alpha value is -2.21. The molecule has 0 aliphatic rings. The zero-order valence-corrected chi connectivity index (χ0v) is 9.36. The van der Waals surface area contributed by atoms with Crippen molar-refractivity contribution in [3.63, 3.8) is 0 Å². The van der Waals surface area contributed by atoms with Gasteiger partial charge in [0.05, 0.1) is 5.69 Å². The van der Waals surface area contributed by atoms with Crippen molar-refractivity contribution in [1.29, 1.82) is 0 Å². The zero-order valence-electron chi connectivity index (χ0n) is 9.36. The Kier molecular flexibility index (Phi) is 3.69. The van der Waals surface area contributed by atoms with Crippen molar-refractivity contribution in [2.45, 2.75) is 6.61 Å². The third-order valence-electron chi connectivity index (χ3n) is 2.18. The molecule has 3 N–H and O–H groups in total. The Morgan fingerprint density at radius 2 is 1.89 bits per heavy atom. The molecule has 2 aromatic rings. The summed E-state index contributed by atoms with van der Waals surface area (Å²) in [6, 6.07) is 8.14. The summed E-state index contributed by atoms with van der Waals surface area (Å²) in [5, 5.41) is 0. The topological polar surface area (TPSA) is 60.2 Å². The van der Waals surface area contributed by atoms with Crippen molar-refractivity contribution >= 4 is 5.82 Å². The highest BCUT2D eigenvalue weighted by Gasteiger charge is 2.03. The number of nitrogen functional groups attached to an aromatic ring is 1. The average molecular weight is 251 g/mol. The Labute approximate surface area is 102 Å².